The average Bonchev–Trinajstić information content (AvgIpc) is 1.25. The maximum absolute atomic E-state index is 8.36. The van der Waals surface area contributed by atoms with Crippen LogP contribution in [-0.4, -0.2) is 20.6 Å². The van der Waals surface area contributed by atoms with Gasteiger partial charge in [-0.05, 0) is 0 Å². The van der Waals surface area contributed by atoms with Gasteiger partial charge in [-0.1, -0.05) is 14.9 Å². The molecular weight excluding hydrogens is 350 g/mol. The van der Waals surface area contributed by atoms with Crippen molar-refractivity contribution in [1.29, 1.82) is 0 Å². The Morgan fingerprint density at radius 2 is 0.786 bits per heavy atom. The van der Waals surface area contributed by atoms with Crippen molar-refractivity contribution in [3.05, 3.63) is 35.1 Å². The molecule has 0 atom stereocenters. The summed E-state index contributed by atoms with van der Waals surface area (Å²) in [4.78, 5) is 16.7. The number of rotatable bonds is 0. The first-order chi connectivity index (χ1) is 3.46. The molecule has 0 aliphatic carbocycles. The molecular formula is C4H16N2O6Y2-2. The molecule has 0 aromatic rings. The molecule has 0 aromatic carbocycles. The van der Waals surface area contributed by atoms with Gasteiger partial charge in [0, 0.05) is 65.4 Å². The van der Waals surface area contributed by atoms with E-state index in [0.717, 1.165) is 0 Å². The molecule has 10 heteroatoms. The Balaban J connectivity index is -0.00000000600. The normalized spacial score (nSPS) is 3.43. The molecule has 14 heavy (non-hydrogen) atoms. The van der Waals surface area contributed by atoms with Crippen molar-refractivity contribution in [3.63, 3.8) is 0 Å². The number of hydrogen-bond donors (Lipinski definition) is 2. The van der Waals surface area contributed by atoms with Crippen LogP contribution in [0, 0.1) is 35.1 Å². The Labute approximate surface area is 134 Å². The summed E-state index contributed by atoms with van der Waals surface area (Å²) in [5.41, 5.74) is 0. The smallest absolute Gasteiger partial charge is 0.291 e. The van der Waals surface area contributed by atoms with E-state index in [4.69, 9.17) is 30.6 Å². The van der Waals surface area contributed by atoms with Gasteiger partial charge in [-0.15, -0.1) is 20.2 Å². The second-order valence-corrected chi connectivity index (χ2v) is 0.476. The first-order valence-corrected chi connectivity index (χ1v) is 1.13. The molecule has 0 aliphatic rings. The minimum Gasteiger partial charge on any atom is -0.358 e. The average molecular weight is 366 g/mol. The molecule has 0 bridgehead atoms. The van der Waals surface area contributed by atoms with Gasteiger partial charge in [0.2, 0.25) is 0 Å². The zero-order valence-electron chi connectivity index (χ0n) is 6.58. The second kappa shape index (κ2) is 49.5. The van der Waals surface area contributed by atoms with Crippen molar-refractivity contribution in [2.24, 2.45) is 0 Å². The Hall–Kier alpha value is 0.608. The van der Waals surface area contributed by atoms with Crippen molar-refractivity contribution >= 4 is 0 Å². The molecule has 2 radical (unpaired) electrons. The summed E-state index contributed by atoms with van der Waals surface area (Å²) in [5.74, 6) is 0. The molecule has 0 rings (SSSR count). The molecule has 86 valence electrons. The molecule has 0 heterocycles. The monoisotopic (exact) mass is 366 g/mol. The van der Waals surface area contributed by atoms with Crippen LogP contribution in [0.15, 0.2) is 0 Å². The van der Waals surface area contributed by atoms with Crippen molar-refractivity contribution < 1.29 is 86.0 Å². The fourth-order valence-electron chi connectivity index (χ4n) is 0. The van der Waals surface area contributed by atoms with Crippen LogP contribution in [0.4, 0.5) is 0 Å². The Bertz CT molecular complexity index is 83.8. The minimum atomic E-state index is -1.50. The van der Waals surface area contributed by atoms with E-state index in [-0.39, 0.29) is 95.1 Å². The Morgan fingerprint density at radius 1 is 0.786 bits per heavy atom. The van der Waals surface area contributed by atoms with Crippen molar-refractivity contribution in [2.45, 2.75) is 14.9 Å². The third kappa shape index (κ3) is 4600. The predicted molar refractivity (Wildman–Crippen MR) is 43.9 cm³/mol. The second-order valence-electron chi connectivity index (χ2n) is 0.476. The van der Waals surface area contributed by atoms with Crippen LogP contribution in [0.3, 0.4) is 0 Å². The molecule has 0 aromatic heterocycles. The first-order valence-electron chi connectivity index (χ1n) is 1.13. The summed E-state index contributed by atoms with van der Waals surface area (Å²) in [6.45, 7) is 0. The Morgan fingerprint density at radius 3 is 0.786 bits per heavy atom. The van der Waals surface area contributed by atoms with Gasteiger partial charge in [0.05, 0.1) is 0 Å². The molecule has 0 fully saturated rings. The van der Waals surface area contributed by atoms with E-state index in [2.05, 4.69) is 0 Å². The van der Waals surface area contributed by atoms with Gasteiger partial charge in [-0.3, -0.25) is 0 Å². The maximum atomic E-state index is 8.36. The summed E-state index contributed by atoms with van der Waals surface area (Å²) < 4.78 is 0. The fourth-order valence-corrected chi connectivity index (χ4v) is 0. The topological polar surface area (TPSA) is 127 Å². The summed E-state index contributed by atoms with van der Waals surface area (Å²) in [5, 5.41) is 27.3. The molecule has 0 spiro atoms. The molecule has 0 amide bonds. The van der Waals surface area contributed by atoms with E-state index >= 15 is 0 Å². The van der Waals surface area contributed by atoms with Gasteiger partial charge < -0.3 is 25.3 Å². The fraction of sp³-hybridized carbons (Fsp3) is 0.500. The minimum absolute atomic E-state index is 0. The third-order valence-corrected chi connectivity index (χ3v) is 0. The van der Waals surface area contributed by atoms with E-state index in [1.165, 1.54) is 0 Å². The summed E-state index contributed by atoms with van der Waals surface area (Å²) in [6.07, 6.45) is 0. The number of nitrogens with zero attached hydrogens (tertiary/aromatic N) is 2. The van der Waals surface area contributed by atoms with Gasteiger partial charge >= 0.3 is 0 Å². The predicted octanol–water partition coefficient (Wildman–Crippen LogP) is 1.47. The van der Waals surface area contributed by atoms with Crippen LogP contribution in [0.25, 0.3) is 0 Å². The SMILES string of the molecule is C.C.O=[N+]([O-])O.O=[N+]([O-])O.[CH3-].[CH3-].[Y].[Y]. The molecule has 0 saturated carbocycles. The van der Waals surface area contributed by atoms with Crippen LogP contribution in [0.1, 0.15) is 14.9 Å². The van der Waals surface area contributed by atoms with E-state index in [0.29, 0.717) is 0 Å². The number of hydrogen-bond acceptors (Lipinski definition) is 4. The van der Waals surface area contributed by atoms with E-state index in [1.807, 2.05) is 0 Å². The van der Waals surface area contributed by atoms with E-state index in [1.54, 1.807) is 0 Å². The van der Waals surface area contributed by atoms with Gasteiger partial charge in [-0.2, -0.15) is 0 Å². The summed E-state index contributed by atoms with van der Waals surface area (Å²) in [7, 11) is 0. The van der Waals surface area contributed by atoms with E-state index < -0.39 is 10.2 Å². The molecule has 0 aliphatic heterocycles. The quantitative estimate of drug-likeness (QED) is 0.380. The van der Waals surface area contributed by atoms with Crippen LogP contribution in [0.2, 0.25) is 0 Å². The molecule has 8 nitrogen and oxygen atoms in total. The van der Waals surface area contributed by atoms with Crippen LogP contribution >= 0.6 is 0 Å². The van der Waals surface area contributed by atoms with Crippen molar-refractivity contribution in [1.82, 2.24) is 0 Å². The van der Waals surface area contributed by atoms with Gasteiger partial charge in [0.15, 0.2) is 0 Å². The molecule has 0 saturated heterocycles. The van der Waals surface area contributed by atoms with Crippen LogP contribution < -0.4 is 0 Å². The van der Waals surface area contributed by atoms with Gasteiger partial charge in [0.1, 0.15) is 0 Å². The van der Waals surface area contributed by atoms with Crippen molar-refractivity contribution in [2.75, 3.05) is 0 Å². The zero-order chi connectivity index (χ0) is 7.15. The Kier molecular flexibility index (Phi) is 219. The molecule has 2 N–H and O–H groups in total. The zero-order valence-corrected chi connectivity index (χ0v) is 12.3. The first kappa shape index (κ1) is 62.0. The van der Waals surface area contributed by atoms with Crippen LogP contribution in [0.5, 0.6) is 0 Å². The third-order valence-electron chi connectivity index (χ3n) is 0. The summed E-state index contributed by atoms with van der Waals surface area (Å²) >= 11 is 0. The standard InChI is InChI=1S/2CH4.2CH3.2HNO3.2Y/c;;;;2*2-1(3)4;;/h2*1H4;2*1H3;2*(H,2,3,4);;/q;;2*-1;;;;. The molecule has 0 unspecified atom stereocenters. The summed E-state index contributed by atoms with van der Waals surface area (Å²) in [6, 6.07) is 0. The largest absolute Gasteiger partial charge is 0.358 e. The van der Waals surface area contributed by atoms with Crippen LogP contribution in [-0.2, 0) is 65.4 Å². The van der Waals surface area contributed by atoms with Gasteiger partial charge in [0.25, 0.3) is 10.2 Å². The van der Waals surface area contributed by atoms with E-state index in [9.17, 15) is 0 Å². The van der Waals surface area contributed by atoms with Gasteiger partial charge in [-0.25, -0.2) is 0 Å². The maximum Gasteiger partial charge on any atom is 0.291 e. The van der Waals surface area contributed by atoms with Crippen molar-refractivity contribution in [3.8, 4) is 0 Å².